The van der Waals surface area contributed by atoms with E-state index in [2.05, 4.69) is 9.97 Å². The van der Waals surface area contributed by atoms with Crippen LogP contribution in [0.25, 0.3) is 17.1 Å². The number of rotatable bonds is 4. The van der Waals surface area contributed by atoms with Crippen LogP contribution in [-0.2, 0) is 9.47 Å². The number of imidazole rings is 1. The van der Waals surface area contributed by atoms with Gasteiger partial charge in [0, 0.05) is 6.07 Å². The van der Waals surface area contributed by atoms with Crippen LogP contribution in [0.1, 0.15) is 38.2 Å². The van der Waals surface area contributed by atoms with E-state index in [0.29, 0.717) is 5.82 Å². The molecule has 0 spiro atoms. The minimum absolute atomic E-state index is 0.0926. The van der Waals surface area contributed by atoms with Crippen LogP contribution in [0, 0.1) is 15.9 Å². The molecule has 0 bridgehead atoms. The van der Waals surface area contributed by atoms with Gasteiger partial charge in [0.2, 0.25) is 0 Å². The first-order valence-electron chi connectivity index (χ1n) is 10.8. The number of carbonyl (C=O) groups is 1. The lowest BCUT2D eigenvalue weighted by Crippen LogP contribution is -2.49. The third kappa shape index (κ3) is 5.07. The van der Waals surface area contributed by atoms with Crippen LogP contribution in [0.15, 0.2) is 48.5 Å². The van der Waals surface area contributed by atoms with E-state index in [1.165, 1.54) is 29.2 Å². The molecule has 1 aliphatic rings. The second-order valence-electron chi connectivity index (χ2n) is 8.95. The van der Waals surface area contributed by atoms with Crippen molar-refractivity contribution < 1.29 is 23.6 Å². The van der Waals surface area contributed by atoms with E-state index in [1.54, 1.807) is 20.8 Å². The minimum Gasteiger partial charge on any atom is -0.444 e. The molecule has 34 heavy (non-hydrogen) atoms. The maximum absolute atomic E-state index is 14.2. The van der Waals surface area contributed by atoms with Crippen molar-refractivity contribution in [1.29, 1.82) is 0 Å². The zero-order valence-corrected chi connectivity index (χ0v) is 19.0. The zero-order chi connectivity index (χ0) is 24.5. The predicted molar refractivity (Wildman–Crippen MR) is 124 cm³/mol. The van der Waals surface area contributed by atoms with Gasteiger partial charge in [-0.05, 0) is 45.0 Å². The maximum atomic E-state index is 14.2. The molecule has 1 fully saturated rings. The number of para-hydroxylation sites is 2. The molecular formula is C24H25FN4O5. The highest BCUT2D eigenvalue weighted by Crippen LogP contribution is 2.29. The number of halogens is 1. The lowest BCUT2D eigenvalue weighted by molar-refractivity contribution is -0.385. The SMILES string of the molecule is CC(C)(C)OC(=O)N1CC(C=Cc2c(F)cccc2[N+](=O)[O-])OCC1c1nc2ccccc2[nH]1. The van der Waals surface area contributed by atoms with E-state index >= 15 is 0 Å². The zero-order valence-electron chi connectivity index (χ0n) is 19.0. The van der Waals surface area contributed by atoms with Crippen molar-refractivity contribution in [2.45, 2.75) is 38.5 Å². The molecule has 9 nitrogen and oxygen atoms in total. The highest BCUT2D eigenvalue weighted by atomic mass is 19.1. The Hall–Kier alpha value is -3.79. The summed E-state index contributed by atoms with van der Waals surface area (Å²) in [6, 6.07) is 10.6. The third-order valence-electron chi connectivity index (χ3n) is 5.28. The first-order valence-corrected chi connectivity index (χ1v) is 10.8. The van der Waals surface area contributed by atoms with Crippen molar-refractivity contribution in [2.75, 3.05) is 13.2 Å². The van der Waals surface area contributed by atoms with Crippen LogP contribution in [0.4, 0.5) is 14.9 Å². The molecule has 0 saturated carbocycles. The van der Waals surface area contributed by atoms with Gasteiger partial charge in [-0.15, -0.1) is 0 Å². The quantitative estimate of drug-likeness (QED) is 0.426. The van der Waals surface area contributed by atoms with E-state index in [4.69, 9.17) is 9.47 Å². The fourth-order valence-electron chi connectivity index (χ4n) is 3.73. The molecule has 1 N–H and O–H groups in total. The van der Waals surface area contributed by atoms with Gasteiger partial charge in [0.05, 0.1) is 40.8 Å². The van der Waals surface area contributed by atoms with Gasteiger partial charge in [-0.2, -0.15) is 0 Å². The van der Waals surface area contributed by atoms with Gasteiger partial charge in [-0.25, -0.2) is 14.2 Å². The number of benzene rings is 2. The average molecular weight is 468 g/mol. The van der Waals surface area contributed by atoms with E-state index in [0.717, 1.165) is 17.1 Å². The number of nitrogens with zero attached hydrogens (tertiary/aromatic N) is 3. The van der Waals surface area contributed by atoms with Crippen LogP contribution in [-0.4, -0.2) is 50.7 Å². The van der Waals surface area contributed by atoms with Crippen molar-refractivity contribution >= 4 is 28.9 Å². The van der Waals surface area contributed by atoms with Crippen LogP contribution >= 0.6 is 0 Å². The minimum atomic E-state index is -0.717. The summed E-state index contributed by atoms with van der Waals surface area (Å²) < 4.78 is 25.8. The van der Waals surface area contributed by atoms with E-state index in [-0.39, 0.29) is 24.4 Å². The Morgan fingerprint density at radius 3 is 2.76 bits per heavy atom. The number of H-pyrrole nitrogens is 1. The Bertz CT molecular complexity index is 1220. The molecule has 1 aromatic heterocycles. The molecule has 2 aromatic carbocycles. The molecule has 1 aliphatic heterocycles. The number of carbonyl (C=O) groups excluding carboxylic acids is 1. The van der Waals surface area contributed by atoms with E-state index in [1.807, 2.05) is 24.3 Å². The van der Waals surface area contributed by atoms with Crippen molar-refractivity contribution in [2.24, 2.45) is 0 Å². The summed E-state index contributed by atoms with van der Waals surface area (Å²) in [5.41, 5.74) is 0.369. The molecule has 2 atom stereocenters. The second kappa shape index (κ2) is 9.22. The van der Waals surface area contributed by atoms with Gasteiger partial charge < -0.3 is 14.5 Å². The number of hydrogen-bond donors (Lipinski definition) is 1. The molecule has 10 heteroatoms. The van der Waals surface area contributed by atoms with Gasteiger partial charge in [0.25, 0.3) is 5.69 Å². The molecule has 0 radical (unpaired) electrons. The number of aromatic nitrogens is 2. The Balaban J connectivity index is 1.61. The van der Waals surface area contributed by atoms with Crippen LogP contribution < -0.4 is 0 Å². The monoisotopic (exact) mass is 468 g/mol. The number of aromatic amines is 1. The molecule has 2 heterocycles. The summed E-state index contributed by atoms with van der Waals surface area (Å²) in [4.78, 5) is 33.0. The molecule has 3 aromatic rings. The third-order valence-corrected chi connectivity index (χ3v) is 5.28. The Kier molecular flexibility index (Phi) is 6.34. The number of nitrogens with one attached hydrogen (secondary N) is 1. The van der Waals surface area contributed by atoms with Gasteiger partial charge in [-0.3, -0.25) is 15.0 Å². The highest BCUT2D eigenvalue weighted by Gasteiger charge is 2.37. The van der Waals surface area contributed by atoms with Gasteiger partial charge >= 0.3 is 6.09 Å². The topological polar surface area (TPSA) is 111 Å². The highest BCUT2D eigenvalue weighted by molar-refractivity contribution is 5.75. The molecular weight excluding hydrogens is 443 g/mol. The normalized spacial score (nSPS) is 19.0. The van der Waals surface area contributed by atoms with Crippen LogP contribution in [0.3, 0.4) is 0 Å². The van der Waals surface area contributed by atoms with Gasteiger partial charge in [-0.1, -0.05) is 24.3 Å². The number of fused-ring (bicyclic) bond motifs is 1. The summed E-state index contributed by atoms with van der Waals surface area (Å²) in [5.74, 6) is -0.162. The molecule has 1 saturated heterocycles. The summed E-state index contributed by atoms with van der Waals surface area (Å²) in [5, 5.41) is 11.3. The number of ether oxygens (including phenoxy) is 2. The van der Waals surface area contributed by atoms with E-state index < -0.39 is 34.6 Å². The number of nitro benzene ring substituents is 1. The molecule has 2 unspecified atom stereocenters. The Morgan fingerprint density at radius 2 is 2.06 bits per heavy atom. The largest absolute Gasteiger partial charge is 0.444 e. The summed E-state index contributed by atoms with van der Waals surface area (Å²) in [7, 11) is 0. The van der Waals surface area contributed by atoms with Crippen molar-refractivity contribution in [3.05, 3.63) is 75.9 Å². The van der Waals surface area contributed by atoms with Crippen molar-refractivity contribution in [1.82, 2.24) is 14.9 Å². The van der Waals surface area contributed by atoms with Crippen molar-refractivity contribution in [3.8, 4) is 0 Å². The van der Waals surface area contributed by atoms with E-state index in [9.17, 15) is 19.3 Å². The molecule has 1 amide bonds. The lowest BCUT2D eigenvalue weighted by atomic mass is 10.1. The lowest BCUT2D eigenvalue weighted by Gasteiger charge is -2.38. The summed E-state index contributed by atoms with van der Waals surface area (Å²) in [6.45, 7) is 5.52. The van der Waals surface area contributed by atoms with Gasteiger partial charge in [0.15, 0.2) is 0 Å². The molecule has 178 valence electrons. The average Bonchev–Trinajstić information content (AvgIpc) is 3.21. The van der Waals surface area contributed by atoms with Crippen LogP contribution in [0.5, 0.6) is 0 Å². The van der Waals surface area contributed by atoms with Crippen LogP contribution in [0.2, 0.25) is 0 Å². The van der Waals surface area contributed by atoms with Gasteiger partial charge in [0.1, 0.15) is 23.3 Å². The second-order valence-corrected chi connectivity index (χ2v) is 8.95. The number of amides is 1. The smallest absolute Gasteiger partial charge is 0.411 e. The Morgan fingerprint density at radius 1 is 1.29 bits per heavy atom. The number of hydrogen-bond acceptors (Lipinski definition) is 6. The number of morpholine rings is 1. The first kappa shape index (κ1) is 23.4. The fraction of sp³-hybridized carbons (Fsp3) is 0.333. The molecule has 4 rings (SSSR count). The number of nitro groups is 1. The first-order chi connectivity index (χ1) is 16.1. The fourth-order valence-corrected chi connectivity index (χ4v) is 3.73. The standard InChI is InChI=1S/C24H25FN4O5/c1-24(2,3)34-23(30)28-13-15(11-12-16-17(25)7-6-10-20(16)29(31)32)33-14-21(28)22-26-18-8-4-5-9-19(18)27-22/h4-12,15,21H,13-14H2,1-3H3,(H,26,27). The summed E-state index contributed by atoms with van der Waals surface area (Å²) >= 11 is 0. The molecule has 0 aliphatic carbocycles. The van der Waals surface area contributed by atoms with Crippen molar-refractivity contribution in [3.63, 3.8) is 0 Å². The summed E-state index contributed by atoms with van der Waals surface area (Å²) in [6.07, 6.45) is 1.65. The Labute approximate surface area is 195 Å². The predicted octanol–water partition coefficient (Wildman–Crippen LogP) is 5.00. The maximum Gasteiger partial charge on any atom is 0.411 e.